The minimum Gasteiger partial charge on any atom is -0.355 e. The molecule has 5 rings (SSSR count). The van der Waals surface area contributed by atoms with Crippen molar-refractivity contribution < 1.29 is 4.52 Å². The number of halogens is 1. The van der Waals surface area contributed by atoms with Crippen LogP contribution in [-0.4, -0.2) is 14.9 Å². The van der Waals surface area contributed by atoms with Crippen LogP contribution in [-0.2, 0) is 0 Å². The van der Waals surface area contributed by atoms with Crippen LogP contribution < -0.4 is 0 Å². The SMILES string of the molecule is Clc1ccc(-c2onc3ccc(-c4ccnn4-c4ccccc4)cc23)cc1. The summed E-state index contributed by atoms with van der Waals surface area (Å²) >= 11 is 6.00. The zero-order chi connectivity index (χ0) is 18.2. The van der Waals surface area contributed by atoms with Crippen LogP contribution in [0.25, 0.3) is 39.2 Å². The molecule has 3 aromatic carbocycles. The lowest BCUT2D eigenvalue weighted by atomic mass is 10.0. The lowest BCUT2D eigenvalue weighted by molar-refractivity contribution is 0.441. The largest absolute Gasteiger partial charge is 0.355 e. The summed E-state index contributed by atoms with van der Waals surface area (Å²) in [4.78, 5) is 0. The third-order valence-electron chi connectivity index (χ3n) is 4.52. The fourth-order valence-corrected chi connectivity index (χ4v) is 3.33. The minimum atomic E-state index is 0.690. The van der Waals surface area contributed by atoms with Gasteiger partial charge in [0.15, 0.2) is 5.76 Å². The van der Waals surface area contributed by atoms with Crippen molar-refractivity contribution in [2.24, 2.45) is 0 Å². The monoisotopic (exact) mass is 371 g/mol. The van der Waals surface area contributed by atoms with Crippen LogP contribution in [0.1, 0.15) is 0 Å². The fourth-order valence-electron chi connectivity index (χ4n) is 3.21. The highest BCUT2D eigenvalue weighted by Gasteiger charge is 2.14. The second kappa shape index (κ2) is 6.41. The molecule has 0 atom stereocenters. The van der Waals surface area contributed by atoms with Gasteiger partial charge in [0.2, 0.25) is 0 Å². The summed E-state index contributed by atoms with van der Waals surface area (Å²) in [5.74, 6) is 0.731. The number of hydrogen-bond donors (Lipinski definition) is 0. The zero-order valence-electron chi connectivity index (χ0n) is 14.2. The molecule has 130 valence electrons. The maximum atomic E-state index is 6.00. The molecule has 5 heteroatoms. The van der Waals surface area contributed by atoms with Crippen molar-refractivity contribution in [3.8, 4) is 28.3 Å². The van der Waals surface area contributed by atoms with Crippen LogP contribution >= 0.6 is 11.6 Å². The molecule has 0 N–H and O–H groups in total. The van der Waals surface area contributed by atoms with E-state index in [1.54, 1.807) is 6.20 Å². The van der Waals surface area contributed by atoms with E-state index >= 15 is 0 Å². The number of nitrogens with zero attached hydrogens (tertiary/aromatic N) is 3. The predicted octanol–water partition coefficient (Wildman–Crippen LogP) is 6.00. The van der Waals surface area contributed by atoms with Gasteiger partial charge in [-0.15, -0.1) is 0 Å². The molecule has 0 aliphatic heterocycles. The molecule has 0 spiro atoms. The molecule has 0 bridgehead atoms. The first-order valence-electron chi connectivity index (χ1n) is 8.55. The molecular formula is C22H14ClN3O. The molecule has 4 nitrogen and oxygen atoms in total. The van der Waals surface area contributed by atoms with E-state index in [0.717, 1.165) is 39.2 Å². The van der Waals surface area contributed by atoms with Crippen LogP contribution in [0.4, 0.5) is 0 Å². The Morgan fingerprint density at radius 1 is 0.815 bits per heavy atom. The van der Waals surface area contributed by atoms with Gasteiger partial charge in [-0.05, 0) is 54.6 Å². The van der Waals surface area contributed by atoms with Gasteiger partial charge >= 0.3 is 0 Å². The first-order valence-corrected chi connectivity index (χ1v) is 8.92. The molecule has 0 saturated carbocycles. The van der Waals surface area contributed by atoms with Crippen LogP contribution in [0, 0.1) is 0 Å². The van der Waals surface area contributed by atoms with E-state index in [9.17, 15) is 0 Å². The van der Waals surface area contributed by atoms with E-state index in [1.807, 2.05) is 77.5 Å². The third-order valence-corrected chi connectivity index (χ3v) is 4.77. The molecule has 0 radical (unpaired) electrons. The number of aromatic nitrogens is 3. The highest BCUT2D eigenvalue weighted by atomic mass is 35.5. The van der Waals surface area contributed by atoms with Crippen LogP contribution in [0.5, 0.6) is 0 Å². The Morgan fingerprint density at radius 2 is 1.59 bits per heavy atom. The Labute approximate surface area is 160 Å². The maximum absolute atomic E-state index is 6.00. The van der Waals surface area contributed by atoms with Gasteiger partial charge in [0.1, 0.15) is 5.52 Å². The smallest absolute Gasteiger partial charge is 0.174 e. The molecule has 0 amide bonds. The Morgan fingerprint density at radius 3 is 2.41 bits per heavy atom. The average molecular weight is 372 g/mol. The van der Waals surface area contributed by atoms with Gasteiger partial charge < -0.3 is 4.52 Å². The van der Waals surface area contributed by atoms with E-state index in [4.69, 9.17) is 16.1 Å². The van der Waals surface area contributed by atoms with Crippen LogP contribution in [0.3, 0.4) is 0 Å². The number of hydrogen-bond acceptors (Lipinski definition) is 3. The van der Waals surface area contributed by atoms with Gasteiger partial charge in [0.05, 0.1) is 23.0 Å². The molecule has 2 aromatic heterocycles. The summed E-state index contributed by atoms with van der Waals surface area (Å²) in [6.07, 6.45) is 1.81. The van der Waals surface area contributed by atoms with Crippen LogP contribution in [0.2, 0.25) is 5.02 Å². The summed E-state index contributed by atoms with van der Waals surface area (Å²) in [5.41, 5.74) is 4.82. The molecular weight excluding hydrogens is 358 g/mol. The molecule has 5 aromatic rings. The van der Waals surface area contributed by atoms with Crippen molar-refractivity contribution in [1.82, 2.24) is 14.9 Å². The number of para-hydroxylation sites is 1. The Kier molecular flexibility index (Phi) is 3.77. The highest BCUT2D eigenvalue weighted by molar-refractivity contribution is 6.30. The molecule has 2 heterocycles. The molecule has 0 aliphatic rings. The standard InChI is InChI=1S/C22H14ClN3O/c23-17-9-6-15(7-10-17)22-19-14-16(8-11-20(19)25-27-22)21-12-13-24-26(21)18-4-2-1-3-5-18/h1-14H. The van der Waals surface area contributed by atoms with E-state index in [0.29, 0.717) is 5.02 Å². The molecule has 0 fully saturated rings. The Balaban J connectivity index is 1.65. The zero-order valence-corrected chi connectivity index (χ0v) is 15.0. The second-order valence-electron chi connectivity index (χ2n) is 6.21. The first kappa shape index (κ1) is 15.9. The summed E-state index contributed by atoms with van der Waals surface area (Å²) in [7, 11) is 0. The van der Waals surface area contributed by atoms with Gasteiger partial charge in [-0.2, -0.15) is 5.10 Å². The third kappa shape index (κ3) is 2.80. The van der Waals surface area contributed by atoms with Gasteiger partial charge in [0, 0.05) is 16.1 Å². The Bertz CT molecular complexity index is 1220. The fraction of sp³-hybridized carbons (Fsp3) is 0. The number of benzene rings is 3. The first-order chi connectivity index (χ1) is 13.3. The van der Waals surface area contributed by atoms with E-state index in [1.165, 1.54) is 0 Å². The number of rotatable bonds is 3. The topological polar surface area (TPSA) is 43.9 Å². The summed E-state index contributed by atoms with van der Waals surface area (Å²) < 4.78 is 7.54. The van der Waals surface area contributed by atoms with Crippen molar-refractivity contribution in [3.05, 3.63) is 90.1 Å². The van der Waals surface area contributed by atoms with Gasteiger partial charge in [0.25, 0.3) is 0 Å². The normalized spacial score (nSPS) is 11.1. The van der Waals surface area contributed by atoms with E-state index < -0.39 is 0 Å². The maximum Gasteiger partial charge on any atom is 0.174 e. The Hall–Kier alpha value is -3.37. The van der Waals surface area contributed by atoms with E-state index in [-0.39, 0.29) is 0 Å². The van der Waals surface area contributed by atoms with Crippen molar-refractivity contribution in [3.63, 3.8) is 0 Å². The second-order valence-corrected chi connectivity index (χ2v) is 6.65. The van der Waals surface area contributed by atoms with Gasteiger partial charge in [-0.1, -0.05) is 41.0 Å². The van der Waals surface area contributed by atoms with Gasteiger partial charge in [-0.3, -0.25) is 0 Å². The summed E-state index contributed by atoms with van der Waals surface area (Å²) in [6, 6.07) is 25.7. The highest BCUT2D eigenvalue weighted by Crippen LogP contribution is 2.33. The molecule has 0 unspecified atom stereocenters. The van der Waals surface area contributed by atoms with Crippen LogP contribution in [0.15, 0.2) is 89.6 Å². The van der Waals surface area contributed by atoms with Crippen molar-refractivity contribution in [2.45, 2.75) is 0 Å². The van der Waals surface area contributed by atoms with E-state index in [2.05, 4.69) is 16.3 Å². The minimum absolute atomic E-state index is 0.690. The van der Waals surface area contributed by atoms with Gasteiger partial charge in [-0.25, -0.2) is 4.68 Å². The molecule has 0 aliphatic carbocycles. The quantitative estimate of drug-likeness (QED) is 0.390. The summed E-state index contributed by atoms with van der Waals surface area (Å²) in [5, 5.41) is 10.3. The van der Waals surface area contributed by atoms with Crippen molar-refractivity contribution in [2.75, 3.05) is 0 Å². The molecule has 27 heavy (non-hydrogen) atoms. The average Bonchev–Trinajstić information content (AvgIpc) is 3.36. The number of fused-ring (bicyclic) bond motifs is 1. The molecule has 0 saturated heterocycles. The van der Waals surface area contributed by atoms with Crippen molar-refractivity contribution in [1.29, 1.82) is 0 Å². The lowest BCUT2D eigenvalue weighted by Gasteiger charge is -2.07. The lowest BCUT2D eigenvalue weighted by Crippen LogP contribution is -1.98. The summed E-state index contributed by atoms with van der Waals surface area (Å²) in [6.45, 7) is 0. The predicted molar refractivity (Wildman–Crippen MR) is 107 cm³/mol. The van der Waals surface area contributed by atoms with Crippen molar-refractivity contribution >= 4 is 22.5 Å².